The van der Waals surface area contributed by atoms with Crippen LogP contribution in [0.1, 0.15) is 29.6 Å². The summed E-state index contributed by atoms with van der Waals surface area (Å²) in [6.45, 7) is 0.636. The first kappa shape index (κ1) is 16.8. The number of para-hydroxylation sites is 1. The molecule has 21 heavy (non-hydrogen) atoms. The van der Waals surface area contributed by atoms with Crippen LogP contribution in [0, 0.1) is 0 Å². The van der Waals surface area contributed by atoms with Crippen LogP contribution >= 0.6 is 0 Å². The number of urea groups is 1. The van der Waals surface area contributed by atoms with Gasteiger partial charge < -0.3 is 25.5 Å². The number of carboxylic acids is 1. The summed E-state index contributed by atoms with van der Waals surface area (Å²) in [5.41, 5.74) is -0.208. The third-order valence-corrected chi connectivity index (χ3v) is 3.01. The highest BCUT2D eigenvalue weighted by atomic mass is 16.4. The largest absolute Gasteiger partial charge is 0.505 e. The lowest BCUT2D eigenvalue weighted by Crippen LogP contribution is -2.32. The van der Waals surface area contributed by atoms with E-state index in [-0.39, 0.29) is 17.9 Å². The molecule has 1 aromatic carbocycles. The average Bonchev–Trinajstić information content (AvgIpc) is 2.45. The monoisotopic (exact) mass is 296 g/mol. The number of carbonyl (C=O) groups excluding carboxylic acids is 1. The first-order chi connectivity index (χ1) is 9.97. The summed E-state index contributed by atoms with van der Waals surface area (Å²) in [6.07, 6.45) is 2.26. The van der Waals surface area contributed by atoms with Crippen molar-refractivity contribution < 1.29 is 24.9 Å². The van der Waals surface area contributed by atoms with E-state index >= 15 is 0 Å². The van der Waals surface area contributed by atoms with Crippen LogP contribution in [0.5, 0.6) is 5.75 Å². The molecule has 0 spiro atoms. The summed E-state index contributed by atoms with van der Waals surface area (Å²) in [5.74, 6) is -1.73. The molecule has 0 radical (unpaired) electrons. The van der Waals surface area contributed by atoms with Crippen LogP contribution in [0.2, 0.25) is 0 Å². The van der Waals surface area contributed by atoms with Gasteiger partial charge in [-0.25, -0.2) is 9.59 Å². The number of aromatic hydroxyl groups is 1. The first-order valence-electron chi connectivity index (χ1n) is 6.65. The number of carbonyl (C=O) groups is 2. The molecule has 0 fully saturated rings. The lowest BCUT2D eigenvalue weighted by Gasteiger charge is -2.18. The molecule has 0 saturated carbocycles. The van der Waals surface area contributed by atoms with Crippen molar-refractivity contribution in [2.75, 3.05) is 25.5 Å². The quantitative estimate of drug-likeness (QED) is 0.452. The number of aliphatic hydroxyl groups is 1. The minimum Gasteiger partial charge on any atom is -0.505 e. The van der Waals surface area contributed by atoms with E-state index in [1.807, 2.05) is 0 Å². The molecule has 0 aromatic heterocycles. The number of hydrogen-bond donors (Lipinski definition) is 4. The van der Waals surface area contributed by atoms with Gasteiger partial charge in [0.05, 0.1) is 5.69 Å². The smallest absolute Gasteiger partial charge is 0.339 e. The van der Waals surface area contributed by atoms with Crippen molar-refractivity contribution in [3.63, 3.8) is 0 Å². The number of carboxylic acid groups (broad SMARTS) is 1. The number of phenols is 1. The molecule has 2 amide bonds. The highest BCUT2D eigenvalue weighted by Crippen LogP contribution is 2.27. The van der Waals surface area contributed by atoms with Crippen LogP contribution in [0.3, 0.4) is 0 Å². The Bertz CT molecular complexity index is 504. The maximum Gasteiger partial charge on any atom is 0.339 e. The highest BCUT2D eigenvalue weighted by Gasteiger charge is 2.16. The van der Waals surface area contributed by atoms with E-state index in [4.69, 9.17) is 10.2 Å². The predicted octanol–water partition coefficient (Wildman–Crippen LogP) is 1.72. The van der Waals surface area contributed by atoms with Crippen LogP contribution in [0.4, 0.5) is 10.5 Å². The standard InChI is InChI=1S/C14H20N2O5/c1-16(8-3-2-4-9-17)14(21)15-11-7-5-6-10(12(11)18)13(19)20/h5-7,17-18H,2-4,8-9H2,1H3,(H,15,21)(H,19,20). The normalized spacial score (nSPS) is 10.2. The zero-order valence-corrected chi connectivity index (χ0v) is 11.9. The van der Waals surface area contributed by atoms with Gasteiger partial charge in [0.2, 0.25) is 0 Å². The van der Waals surface area contributed by atoms with Crippen LogP contribution in [-0.4, -0.2) is 52.4 Å². The van der Waals surface area contributed by atoms with Gasteiger partial charge in [-0.15, -0.1) is 0 Å². The molecule has 7 heteroatoms. The molecular formula is C14H20N2O5. The summed E-state index contributed by atoms with van der Waals surface area (Å²) in [5, 5.41) is 29.8. The number of anilines is 1. The molecule has 0 aliphatic heterocycles. The van der Waals surface area contributed by atoms with E-state index in [2.05, 4.69) is 5.32 Å². The molecule has 0 aliphatic carbocycles. The van der Waals surface area contributed by atoms with E-state index < -0.39 is 17.7 Å². The lowest BCUT2D eigenvalue weighted by molar-refractivity contribution is 0.0693. The molecule has 0 atom stereocenters. The topological polar surface area (TPSA) is 110 Å². The lowest BCUT2D eigenvalue weighted by atomic mass is 10.1. The number of benzene rings is 1. The van der Waals surface area contributed by atoms with Gasteiger partial charge in [-0.2, -0.15) is 0 Å². The second kappa shape index (κ2) is 8.11. The maximum atomic E-state index is 11.9. The minimum atomic E-state index is -1.26. The summed E-state index contributed by atoms with van der Waals surface area (Å²) >= 11 is 0. The number of amides is 2. The Balaban J connectivity index is 2.62. The van der Waals surface area contributed by atoms with Crippen LogP contribution < -0.4 is 5.32 Å². The number of nitrogens with one attached hydrogen (secondary N) is 1. The number of nitrogens with zero attached hydrogens (tertiary/aromatic N) is 1. The van der Waals surface area contributed by atoms with Gasteiger partial charge >= 0.3 is 12.0 Å². The Morgan fingerprint density at radius 1 is 1.24 bits per heavy atom. The molecule has 0 unspecified atom stereocenters. The van der Waals surface area contributed by atoms with Crippen molar-refractivity contribution in [2.24, 2.45) is 0 Å². The molecule has 0 saturated heterocycles. The van der Waals surface area contributed by atoms with E-state index in [9.17, 15) is 14.7 Å². The molecule has 0 aliphatic rings. The minimum absolute atomic E-state index is 0.0575. The fourth-order valence-corrected chi connectivity index (χ4v) is 1.77. The third kappa shape index (κ3) is 4.96. The van der Waals surface area contributed by atoms with Crippen LogP contribution in [-0.2, 0) is 0 Å². The predicted molar refractivity (Wildman–Crippen MR) is 77.7 cm³/mol. The molecule has 4 N–H and O–H groups in total. The second-order valence-electron chi connectivity index (χ2n) is 4.64. The third-order valence-electron chi connectivity index (χ3n) is 3.01. The Kier molecular flexibility index (Phi) is 6.48. The zero-order valence-electron chi connectivity index (χ0n) is 11.9. The van der Waals surface area contributed by atoms with E-state index in [1.54, 1.807) is 7.05 Å². The van der Waals surface area contributed by atoms with Crippen LogP contribution in [0.25, 0.3) is 0 Å². The van der Waals surface area contributed by atoms with Crippen molar-refractivity contribution >= 4 is 17.7 Å². The molecule has 1 aromatic rings. The maximum absolute atomic E-state index is 11.9. The first-order valence-corrected chi connectivity index (χ1v) is 6.65. The molecule has 0 bridgehead atoms. The van der Waals surface area contributed by atoms with E-state index in [1.165, 1.54) is 23.1 Å². The summed E-state index contributed by atoms with van der Waals surface area (Å²) in [7, 11) is 1.60. The Labute approximate surface area is 122 Å². The van der Waals surface area contributed by atoms with E-state index in [0.717, 1.165) is 12.8 Å². The van der Waals surface area contributed by atoms with Crippen LogP contribution in [0.15, 0.2) is 18.2 Å². The van der Waals surface area contributed by atoms with Crippen molar-refractivity contribution in [1.82, 2.24) is 4.90 Å². The van der Waals surface area contributed by atoms with Crippen molar-refractivity contribution in [2.45, 2.75) is 19.3 Å². The van der Waals surface area contributed by atoms with Gasteiger partial charge in [-0.3, -0.25) is 0 Å². The summed E-state index contributed by atoms with van der Waals surface area (Å²) < 4.78 is 0. The van der Waals surface area contributed by atoms with Crippen molar-refractivity contribution in [3.8, 4) is 5.75 Å². The fourth-order valence-electron chi connectivity index (χ4n) is 1.77. The van der Waals surface area contributed by atoms with Gasteiger partial charge in [-0.05, 0) is 31.4 Å². The van der Waals surface area contributed by atoms with Crippen molar-refractivity contribution in [3.05, 3.63) is 23.8 Å². The summed E-state index contributed by atoms with van der Waals surface area (Å²) in [6, 6.07) is 3.70. The highest BCUT2D eigenvalue weighted by molar-refractivity contribution is 5.97. The number of aliphatic hydroxyl groups excluding tert-OH is 1. The number of hydrogen-bond acceptors (Lipinski definition) is 4. The van der Waals surface area contributed by atoms with Gasteiger partial charge in [0.25, 0.3) is 0 Å². The van der Waals surface area contributed by atoms with E-state index in [0.29, 0.717) is 13.0 Å². The molecule has 7 nitrogen and oxygen atoms in total. The Morgan fingerprint density at radius 2 is 1.95 bits per heavy atom. The molecule has 116 valence electrons. The molecule has 1 rings (SSSR count). The average molecular weight is 296 g/mol. The van der Waals surface area contributed by atoms with Gasteiger partial charge in [0.1, 0.15) is 5.56 Å². The van der Waals surface area contributed by atoms with Crippen molar-refractivity contribution in [1.29, 1.82) is 0 Å². The Hall–Kier alpha value is -2.28. The number of unbranched alkanes of at least 4 members (excludes halogenated alkanes) is 2. The second-order valence-corrected chi connectivity index (χ2v) is 4.64. The molecule has 0 heterocycles. The fraction of sp³-hybridized carbons (Fsp3) is 0.429. The summed E-state index contributed by atoms with van der Waals surface area (Å²) in [4.78, 5) is 24.2. The Morgan fingerprint density at radius 3 is 2.57 bits per heavy atom. The van der Waals surface area contributed by atoms with Gasteiger partial charge in [0, 0.05) is 20.2 Å². The van der Waals surface area contributed by atoms with Gasteiger partial charge in [-0.1, -0.05) is 6.07 Å². The SMILES string of the molecule is CN(CCCCCO)C(=O)Nc1cccc(C(=O)O)c1O. The van der Waals surface area contributed by atoms with Gasteiger partial charge in [0.15, 0.2) is 5.75 Å². The number of aromatic carboxylic acids is 1. The zero-order chi connectivity index (χ0) is 15.8. The molecular weight excluding hydrogens is 276 g/mol. The number of rotatable bonds is 7.